The number of carbonyl (C=O) groups excluding carboxylic acids is 1. The molecule has 5 nitrogen and oxygen atoms in total. The highest BCUT2D eigenvalue weighted by molar-refractivity contribution is 6.09. The molecule has 0 aliphatic rings. The molecule has 0 fully saturated rings. The fourth-order valence-corrected chi connectivity index (χ4v) is 2.87. The van der Waals surface area contributed by atoms with Crippen LogP contribution in [-0.4, -0.2) is 17.8 Å². The molecule has 2 aromatic rings. The van der Waals surface area contributed by atoms with Gasteiger partial charge in [0.1, 0.15) is 17.7 Å². The second kappa shape index (κ2) is 9.00. The van der Waals surface area contributed by atoms with E-state index in [1.807, 2.05) is 39.0 Å². The summed E-state index contributed by atoms with van der Waals surface area (Å²) >= 11 is 0. The number of nitrogens with two attached hydrogens (primary N) is 1. The van der Waals surface area contributed by atoms with Crippen LogP contribution in [0.4, 0.5) is 0 Å². The van der Waals surface area contributed by atoms with Crippen LogP contribution in [0.3, 0.4) is 0 Å². The summed E-state index contributed by atoms with van der Waals surface area (Å²) in [6.07, 6.45) is 1.78. The topological polar surface area (TPSA) is 88.5 Å². The average molecular weight is 363 g/mol. The molecule has 0 bridgehead atoms. The maximum atomic E-state index is 12.6. The average Bonchev–Trinajstić information content (AvgIpc) is 2.63. The van der Waals surface area contributed by atoms with Gasteiger partial charge in [-0.3, -0.25) is 4.79 Å². The van der Waals surface area contributed by atoms with Crippen molar-refractivity contribution in [1.82, 2.24) is 0 Å². The Morgan fingerprint density at radius 1 is 1.30 bits per heavy atom. The molecule has 140 valence electrons. The Balaban J connectivity index is 2.36. The molecule has 0 saturated heterocycles. The van der Waals surface area contributed by atoms with Gasteiger partial charge < -0.3 is 10.5 Å². The van der Waals surface area contributed by atoms with Gasteiger partial charge in [0.25, 0.3) is 5.91 Å². The summed E-state index contributed by atoms with van der Waals surface area (Å²) in [5.41, 5.74) is 9.75. The van der Waals surface area contributed by atoms with Crippen LogP contribution in [0.15, 0.2) is 41.4 Å². The minimum absolute atomic E-state index is 0.0642. The minimum atomic E-state index is -0.482. The fourth-order valence-electron chi connectivity index (χ4n) is 2.87. The van der Waals surface area contributed by atoms with E-state index in [0.29, 0.717) is 16.9 Å². The number of nitrogens with zero attached hydrogens (tertiary/aromatic N) is 2. The molecule has 2 N–H and O–H groups in total. The van der Waals surface area contributed by atoms with Crippen molar-refractivity contribution in [3.05, 3.63) is 64.2 Å². The molecule has 5 heteroatoms. The molecule has 0 radical (unpaired) electrons. The lowest BCUT2D eigenvalue weighted by Crippen LogP contribution is -2.18. The predicted octanol–water partition coefficient (Wildman–Crippen LogP) is 4.15. The number of aryl methyl sites for hydroxylation is 1. The van der Waals surface area contributed by atoms with Gasteiger partial charge in [-0.2, -0.15) is 10.3 Å². The molecule has 0 heterocycles. The van der Waals surface area contributed by atoms with Gasteiger partial charge in [-0.05, 0) is 56.5 Å². The van der Waals surface area contributed by atoms with Gasteiger partial charge in [0.05, 0.1) is 11.7 Å². The van der Waals surface area contributed by atoms with Crippen molar-refractivity contribution in [2.75, 3.05) is 0 Å². The zero-order chi connectivity index (χ0) is 20.0. The number of hydrogen-bond donors (Lipinski definition) is 1. The predicted molar refractivity (Wildman–Crippen MR) is 107 cm³/mol. The Bertz CT molecular complexity index is 908. The molecule has 0 aliphatic carbocycles. The highest BCUT2D eigenvalue weighted by atomic mass is 16.5. The second-order valence-electron chi connectivity index (χ2n) is 6.64. The summed E-state index contributed by atoms with van der Waals surface area (Å²) in [6, 6.07) is 12.6. The first-order valence-electron chi connectivity index (χ1n) is 9.05. The van der Waals surface area contributed by atoms with E-state index >= 15 is 0 Å². The molecule has 0 spiro atoms. The molecule has 0 unspecified atom stereocenters. The third-order valence-corrected chi connectivity index (χ3v) is 4.12. The number of aliphatic imine (C=N–C) groups is 1. The monoisotopic (exact) mass is 363 g/mol. The van der Waals surface area contributed by atoms with E-state index in [1.54, 1.807) is 12.1 Å². The molecule has 2 aromatic carbocycles. The van der Waals surface area contributed by atoms with E-state index in [0.717, 1.165) is 29.5 Å². The van der Waals surface area contributed by atoms with Gasteiger partial charge in [-0.25, -0.2) is 0 Å². The molecule has 27 heavy (non-hydrogen) atoms. The highest BCUT2D eigenvalue weighted by Crippen LogP contribution is 2.22. The Morgan fingerprint density at radius 2 is 2.04 bits per heavy atom. The Hall–Kier alpha value is -3.13. The van der Waals surface area contributed by atoms with Crippen molar-refractivity contribution >= 4 is 11.7 Å². The maximum absolute atomic E-state index is 12.6. The number of amides is 1. The summed E-state index contributed by atoms with van der Waals surface area (Å²) in [4.78, 5) is 16.6. The van der Waals surface area contributed by atoms with Crippen LogP contribution in [-0.2, 0) is 6.42 Å². The first kappa shape index (κ1) is 20.2. The minimum Gasteiger partial charge on any atom is -0.490 e. The van der Waals surface area contributed by atoms with Crippen LogP contribution in [0.5, 0.6) is 5.75 Å². The van der Waals surface area contributed by atoms with Crippen molar-refractivity contribution in [3.63, 3.8) is 0 Å². The summed E-state index contributed by atoms with van der Waals surface area (Å²) in [6.45, 7) is 7.87. The highest BCUT2D eigenvalue weighted by Gasteiger charge is 2.14. The molecule has 1 amide bonds. The lowest BCUT2D eigenvalue weighted by molar-refractivity contribution is 0.100. The molecule has 0 aliphatic heterocycles. The van der Waals surface area contributed by atoms with Crippen molar-refractivity contribution in [2.24, 2.45) is 10.7 Å². The Morgan fingerprint density at radius 3 is 2.67 bits per heavy atom. The van der Waals surface area contributed by atoms with Crippen molar-refractivity contribution in [2.45, 2.75) is 46.6 Å². The summed E-state index contributed by atoms with van der Waals surface area (Å²) in [5.74, 6) is 0.155. The van der Waals surface area contributed by atoms with Crippen molar-refractivity contribution in [1.29, 1.82) is 5.26 Å². The van der Waals surface area contributed by atoms with E-state index in [1.165, 1.54) is 6.07 Å². The first-order chi connectivity index (χ1) is 12.9. The first-order valence-corrected chi connectivity index (χ1v) is 9.05. The lowest BCUT2D eigenvalue weighted by atomic mass is 9.97. The smallest absolute Gasteiger partial charge is 0.278 e. The van der Waals surface area contributed by atoms with Crippen LogP contribution in [0, 0.1) is 18.3 Å². The number of carbonyl (C=O) groups is 1. The SMILES string of the molecule is CCCc1c(C)cccc1C(N)=NC(=O)c1ccc(OC(C)C)c(C#N)c1. The number of benzene rings is 2. The third-order valence-electron chi connectivity index (χ3n) is 4.12. The van der Waals surface area contributed by atoms with Crippen molar-refractivity contribution in [3.8, 4) is 11.8 Å². The number of nitriles is 1. The largest absolute Gasteiger partial charge is 0.490 e. The zero-order valence-corrected chi connectivity index (χ0v) is 16.2. The maximum Gasteiger partial charge on any atom is 0.278 e. The standard InChI is InChI=1S/C22H25N3O2/c1-5-7-18-15(4)8-6-9-19(18)21(24)25-22(26)16-10-11-20(27-14(2)3)17(12-16)13-23/h6,8-12,14H,5,7H2,1-4H3,(H2,24,25,26). The van der Waals surface area contributed by atoms with Crippen LogP contribution in [0.1, 0.15) is 59.8 Å². The summed E-state index contributed by atoms with van der Waals surface area (Å²) in [5, 5.41) is 9.32. The summed E-state index contributed by atoms with van der Waals surface area (Å²) < 4.78 is 5.58. The molecule has 0 atom stereocenters. The van der Waals surface area contributed by atoms with Gasteiger partial charge >= 0.3 is 0 Å². The number of ether oxygens (including phenoxy) is 1. The van der Waals surface area contributed by atoms with Gasteiger partial charge in [0.15, 0.2) is 0 Å². The molecule has 0 aromatic heterocycles. The number of rotatable bonds is 6. The van der Waals surface area contributed by atoms with Gasteiger partial charge in [-0.15, -0.1) is 0 Å². The van der Waals surface area contributed by atoms with Crippen LogP contribution >= 0.6 is 0 Å². The van der Waals surface area contributed by atoms with E-state index in [2.05, 4.69) is 18.0 Å². The van der Waals surface area contributed by atoms with E-state index in [9.17, 15) is 10.1 Å². The van der Waals surface area contributed by atoms with Gasteiger partial charge in [0.2, 0.25) is 0 Å². The second-order valence-corrected chi connectivity index (χ2v) is 6.64. The van der Waals surface area contributed by atoms with Crippen LogP contribution < -0.4 is 10.5 Å². The van der Waals surface area contributed by atoms with Crippen LogP contribution in [0.2, 0.25) is 0 Å². The Labute approximate surface area is 160 Å². The van der Waals surface area contributed by atoms with Crippen molar-refractivity contribution < 1.29 is 9.53 Å². The zero-order valence-electron chi connectivity index (χ0n) is 16.2. The number of hydrogen-bond acceptors (Lipinski definition) is 3. The normalized spacial score (nSPS) is 11.3. The number of amidine groups is 1. The molecular formula is C22H25N3O2. The quantitative estimate of drug-likeness (QED) is 0.617. The lowest BCUT2D eigenvalue weighted by Gasteiger charge is -2.12. The molecule has 2 rings (SSSR count). The summed E-state index contributed by atoms with van der Waals surface area (Å²) in [7, 11) is 0. The van der Waals surface area contributed by atoms with Gasteiger partial charge in [-0.1, -0.05) is 31.5 Å². The third kappa shape index (κ3) is 4.95. The van der Waals surface area contributed by atoms with Crippen LogP contribution in [0.25, 0.3) is 0 Å². The van der Waals surface area contributed by atoms with E-state index < -0.39 is 5.91 Å². The van der Waals surface area contributed by atoms with Gasteiger partial charge in [0, 0.05) is 11.1 Å². The molecular weight excluding hydrogens is 338 g/mol. The van der Waals surface area contributed by atoms with E-state index in [4.69, 9.17) is 10.5 Å². The molecule has 0 saturated carbocycles. The Kier molecular flexibility index (Phi) is 6.73. The fraction of sp³-hybridized carbons (Fsp3) is 0.318. The van der Waals surface area contributed by atoms with E-state index in [-0.39, 0.29) is 11.9 Å².